The number of nitrogens with zero attached hydrogens (tertiary/aromatic N) is 1. The van der Waals surface area contributed by atoms with Gasteiger partial charge in [0.25, 0.3) is 0 Å². The minimum absolute atomic E-state index is 0. The molecule has 0 unspecified atom stereocenters. The van der Waals surface area contributed by atoms with E-state index >= 15 is 0 Å². The molecule has 0 aliphatic rings. The summed E-state index contributed by atoms with van der Waals surface area (Å²) in [6.07, 6.45) is 0. The molecule has 0 aliphatic heterocycles. The van der Waals surface area contributed by atoms with Crippen LogP contribution in [0.4, 0.5) is 0 Å². The molecular weight excluding hydrogens is 156 g/mol. The summed E-state index contributed by atoms with van der Waals surface area (Å²) in [5.74, 6) is 0. The summed E-state index contributed by atoms with van der Waals surface area (Å²) < 4.78 is 0. The second-order valence-electron chi connectivity index (χ2n) is 0.224. The first-order valence-electron chi connectivity index (χ1n) is 0.548. The molecule has 0 saturated carbocycles. The van der Waals surface area contributed by atoms with Crippen molar-refractivity contribution < 1.29 is 5.09 Å². The molecule has 0 aromatic rings. The zero-order valence-corrected chi connectivity index (χ0v) is 8.50. The Morgan fingerprint density at radius 2 is 1.14 bits per heavy atom. The van der Waals surface area contributed by atoms with Crippen LogP contribution >= 0.6 is 0 Å². The van der Waals surface area contributed by atoms with Gasteiger partial charge in [-0.1, -0.05) is 0 Å². The van der Waals surface area contributed by atoms with Gasteiger partial charge >= 0.3 is 0 Å². The van der Waals surface area contributed by atoms with Crippen LogP contribution in [0.2, 0.25) is 0 Å². The Kier molecular flexibility index (Phi) is 52.2. The van der Waals surface area contributed by atoms with Crippen molar-refractivity contribution in [2.45, 2.75) is 0 Å². The van der Waals surface area contributed by atoms with Crippen molar-refractivity contribution in [2.75, 3.05) is 0 Å². The third-order valence-electron chi connectivity index (χ3n) is 0. The van der Waals surface area contributed by atoms with Crippen LogP contribution in [0, 0.1) is 15.3 Å². The van der Waals surface area contributed by atoms with Gasteiger partial charge in [0.15, 0.2) is 0 Å². The van der Waals surface area contributed by atoms with Gasteiger partial charge in [-0.2, -0.15) is 0 Å². The van der Waals surface area contributed by atoms with Crippen molar-refractivity contribution in [1.82, 2.24) is 6.15 Å². The van der Waals surface area contributed by atoms with Gasteiger partial charge in [0.2, 0.25) is 0 Å². The van der Waals surface area contributed by atoms with Crippen molar-refractivity contribution in [2.24, 2.45) is 0 Å². The fraction of sp³-hybridized carbons (Fsp3) is 0. The predicted octanol–water partition coefficient (Wildman–Crippen LogP) is -0.625. The smallest absolute Gasteiger partial charge is 0.0689 e. The Morgan fingerprint density at radius 3 is 1.14 bits per heavy atom. The number of hydrogen-bond donors (Lipinski definition) is 1. The zero-order valence-electron chi connectivity index (χ0n) is 4.09. The van der Waals surface area contributed by atoms with Crippen molar-refractivity contribution in [3.05, 3.63) is 15.3 Å². The minimum atomic E-state index is -1.75. The molecular formula is H4Ca2N2O3. The van der Waals surface area contributed by atoms with E-state index in [1.165, 1.54) is 0 Å². The predicted molar refractivity (Wildman–Crippen MR) is 27.9 cm³/mol. The molecule has 0 heterocycles. The van der Waals surface area contributed by atoms with Gasteiger partial charge in [0.1, 0.15) is 0 Å². The molecule has 36 valence electrons. The van der Waals surface area contributed by atoms with Gasteiger partial charge in [-0.3, -0.25) is 0 Å². The summed E-state index contributed by atoms with van der Waals surface area (Å²) in [5, 5.41) is 14.8. The zero-order chi connectivity index (χ0) is 3.58. The van der Waals surface area contributed by atoms with Gasteiger partial charge in [0, 0.05) is 75.5 Å². The van der Waals surface area contributed by atoms with Crippen molar-refractivity contribution in [1.29, 1.82) is 0 Å². The first-order valence-corrected chi connectivity index (χ1v) is 0.548. The minimum Gasteiger partial charge on any atom is -0.369 e. The SMILES string of the molecule is O=[N+]([O-])[O-].[Ca].[Ca].[NH4+]. The normalized spacial score (nSPS) is 3.43. The van der Waals surface area contributed by atoms with E-state index in [0.29, 0.717) is 0 Å². The third-order valence-corrected chi connectivity index (χ3v) is 0. The van der Waals surface area contributed by atoms with Crippen LogP contribution in [-0.4, -0.2) is 80.6 Å². The van der Waals surface area contributed by atoms with E-state index in [0.717, 1.165) is 0 Å². The van der Waals surface area contributed by atoms with Gasteiger partial charge in [-0.15, -0.1) is 0 Å². The van der Waals surface area contributed by atoms with E-state index in [4.69, 9.17) is 15.3 Å². The molecule has 0 spiro atoms. The molecule has 0 amide bonds. The fourth-order valence-corrected chi connectivity index (χ4v) is 0. The Bertz CT molecular complexity index is 33.9. The van der Waals surface area contributed by atoms with Gasteiger partial charge in [0.05, 0.1) is 5.09 Å². The average Bonchev–Trinajstić information content (AvgIpc) is 0.811. The quantitative estimate of drug-likeness (QED) is 0.290. The van der Waals surface area contributed by atoms with Crippen LogP contribution in [0.5, 0.6) is 0 Å². The molecule has 0 bridgehead atoms. The molecule has 0 aromatic heterocycles. The maximum Gasteiger partial charge on any atom is 0.0689 e. The molecule has 0 atom stereocenters. The van der Waals surface area contributed by atoms with E-state index < -0.39 is 5.09 Å². The first-order chi connectivity index (χ1) is 1.73. The first kappa shape index (κ1) is 23.4. The maximum atomic E-state index is 8.25. The summed E-state index contributed by atoms with van der Waals surface area (Å²) in [7, 11) is 0. The number of hydrogen-bond acceptors (Lipinski definition) is 3. The second kappa shape index (κ2) is 15.6. The molecule has 0 fully saturated rings. The second-order valence-corrected chi connectivity index (χ2v) is 0.224. The molecule has 5 nitrogen and oxygen atoms in total. The number of quaternary nitrogens is 1. The Hall–Kier alpha value is 1.68. The van der Waals surface area contributed by atoms with Crippen molar-refractivity contribution in [3.63, 3.8) is 0 Å². The van der Waals surface area contributed by atoms with E-state index in [1.54, 1.807) is 0 Å². The number of rotatable bonds is 0. The summed E-state index contributed by atoms with van der Waals surface area (Å²) in [4.78, 5) is 8.25. The average molecular weight is 160 g/mol. The maximum absolute atomic E-state index is 8.25. The van der Waals surface area contributed by atoms with E-state index in [2.05, 4.69) is 0 Å². The van der Waals surface area contributed by atoms with Gasteiger partial charge in [-0.05, 0) is 0 Å². The van der Waals surface area contributed by atoms with E-state index in [9.17, 15) is 0 Å². The fourth-order valence-electron chi connectivity index (χ4n) is 0. The Balaban J connectivity index is -0.0000000150. The van der Waals surface area contributed by atoms with Crippen LogP contribution in [-0.2, 0) is 0 Å². The van der Waals surface area contributed by atoms with Crippen LogP contribution in [0.1, 0.15) is 0 Å². The van der Waals surface area contributed by atoms with E-state index in [1.807, 2.05) is 0 Å². The Morgan fingerprint density at radius 1 is 1.14 bits per heavy atom. The van der Waals surface area contributed by atoms with Gasteiger partial charge in [-0.25, -0.2) is 0 Å². The molecule has 0 aromatic carbocycles. The summed E-state index contributed by atoms with van der Waals surface area (Å²) in [6, 6.07) is 0. The molecule has 0 saturated heterocycles. The Labute approximate surface area is 100 Å². The largest absolute Gasteiger partial charge is 0.369 e. The van der Waals surface area contributed by atoms with Crippen LogP contribution in [0.15, 0.2) is 0 Å². The third kappa shape index (κ3) is 87.8. The van der Waals surface area contributed by atoms with Crippen molar-refractivity contribution >= 4 is 75.5 Å². The van der Waals surface area contributed by atoms with Crippen molar-refractivity contribution in [3.8, 4) is 0 Å². The van der Waals surface area contributed by atoms with Crippen LogP contribution in [0.25, 0.3) is 0 Å². The van der Waals surface area contributed by atoms with Gasteiger partial charge < -0.3 is 21.5 Å². The molecule has 7 heteroatoms. The molecule has 0 rings (SSSR count). The van der Waals surface area contributed by atoms with Crippen LogP contribution < -0.4 is 6.15 Å². The van der Waals surface area contributed by atoms with Crippen LogP contribution in [0.3, 0.4) is 0 Å². The summed E-state index contributed by atoms with van der Waals surface area (Å²) >= 11 is 0. The molecule has 0 aliphatic carbocycles. The standard InChI is InChI=1S/2Ca.NO3.H3N/c;;2-1(3)4;/h;;;1H3/q;;-1;/p+1. The molecule has 4 radical (unpaired) electrons. The summed E-state index contributed by atoms with van der Waals surface area (Å²) in [6.45, 7) is 0. The monoisotopic (exact) mass is 160 g/mol. The molecule has 7 heavy (non-hydrogen) atoms. The topological polar surface area (TPSA) is 103 Å². The molecule has 4 N–H and O–H groups in total. The van der Waals surface area contributed by atoms with E-state index in [-0.39, 0.29) is 81.6 Å². The summed E-state index contributed by atoms with van der Waals surface area (Å²) in [5.41, 5.74) is 0.